The topological polar surface area (TPSA) is 27.1 Å². The maximum Gasteiger partial charge on any atom is 0.127 e. The maximum absolute atomic E-state index is 6.11. The fourth-order valence-corrected chi connectivity index (χ4v) is 2.19. The smallest absolute Gasteiger partial charge is 0.127 e. The molecular formula is C12H12BrClN2O. The van der Waals surface area contributed by atoms with E-state index in [0.29, 0.717) is 18.3 Å². The molecule has 2 rings (SSSR count). The number of halogens is 2. The van der Waals surface area contributed by atoms with E-state index in [4.69, 9.17) is 16.3 Å². The number of rotatable bonds is 4. The van der Waals surface area contributed by atoms with Gasteiger partial charge in [0.15, 0.2) is 0 Å². The monoisotopic (exact) mass is 314 g/mol. The van der Waals surface area contributed by atoms with Crippen molar-refractivity contribution in [3.63, 3.8) is 0 Å². The molecule has 0 amide bonds. The van der Waals surface area contributed by atoms with E-state index in [1.165, 1.54) is 0 Å². The second-order valence-corrected chi connectivity index (χ2v) is 4.88. The summed E-state index contributed by atoms with van der Waals surface area (Å²) < 4.78 is 7.84. The van der Waals surface area contributed by atoms with Crippen molar-refractivity contribution >= 4 is 27.5 Å². The van der Waals surface area contributed by atoms with Gasteiger partial charge in [-0.1, -0.05) is 45.7 Å². The summed E-state index contributed by atoms with van der Waals surface area (Å²) in [6, 6.07) is 9.84. The number of hydrogen-bond acceptors (Lipinski definition) is 2. The normalized spacial score (nSPS) is 10.8. The third-order valence-electron chi connectivity index (χ3n) is 2.35. The van der Waals surface area contributed by atoms with Gasteiger partial charge in [-0.25, -0.2) is 4.68 Å². The van der Waals surface area contributed by atoms with Gasteiger partial charge in [0.25, 0.3) is 0 Å². The van der Waals surface area contributed by atoms with Gasteiger partial charge in [0.05, 0.1) is 18.8 Å². The molecular weight excluding hydrogens is 304 g/mol. The molecule has 0 aliphatic carbocycles. The number of hydrogen-bond donors (Lipinski definition) is 0. The van der Waals surface area contributed by atoms with Gasteiger partial charge in [-0.15, -0.1) is 0 Å². The molecule has 1 aromatic heterocycles. The molecule has 17 heavy (non-hydrogen) atoms. The second kappa shape index (κ2) is 5.67. The van der Waals surface area contributed by atoms with E-state index < -0.39 is 0 Å². The summed E-state index contributed by atoms with van der Waals surface area (Å²) in [6.45, 7) is 1.12. The van der Waals surface area contributed by atoms with E-state index >= 15 is 0 Å². The van der Waals surface area contributed by atoms with Crippen LogP contribution in [-0.2, 0) is 17.9 Å². The third-order valence-corrected chi connectivity index (χ3v) is 3.43. The molecule has 0 saturated carbocycles. The van der Waals surface area contributed by atoms with Gasteiger partial charge in [0.2, 0.25) is 0 Å². The SMILES string of the molecule is COCc1cc(Cl)n(Cc2ccccc2Br)n1. The molecule has 5 heteroatoms. The Morgan fingerprint density at radius 3 is 2.88 bits per heavy atom. The molecule has 0 atom stereocenters. The summed E-state index contributed by atoms with van der Waals surface area (Å²) in [5.74, 6) is 0. The van der Waals surface area contributed by atoms with Crippen molar-refractivity contribution in [2.24, 2.45) is 0 Å². The number of methoxy groups -OCH3 is 1. The van der Waals surface area contributed by atoms with E-state index in [9.17, 15) is 0 Å². The Hall–Kier alpha value is -0.840. The molecule has 1 heterocycles. The molecule has 0 N–H and O–H groups in total. The molecule has 3 nitrogen and oxygen atoms in total. The van der Waals surface area contributed by atoms with Crippen LogP contribution in [0.25, 0.3) is 0 Å². The molecule has 0 spiro atoms. The van der Waals surface area contributed by atoms with Crippen LogP contribution in [0.4, 0.5) is 0 Å². The zero-order valence-electron chi connectivity index (χ0n) is 9.36. The number of nitrogens with zero attached hydrogens (tertiary/aromatic N) is 2. The number of benzene rings is 1. The van der Waals surface area contributed by atoms with Gasteiger partial charge in [-0.05, 0) is 11.6 Å². The Kier molecular flexibility index (Phi) is 4.20. The van der Waals surface area contributed by atoms with E-state index in [0.717, 1.165) is 15.7 Å². The second-order valence-electron chi connectivity index (χ2n) is 3.64. The zero-order valence-corrected chi connectivity index (χ0v) is 11.7. The van der Waals surface area contributed by atoms with Crippen molar-refractivity contribution in [1.29, 1.82) is 0 Å². The van der Waals surface area contributed by atoms with Crippen molar-refractivity contribution in [2.45, 2.75) is 13.2 Å². The molecule has 2 aromatic rings. The van der Waals surface area contributed by atoms with E-state index in [1.807, 2.05) is 30.3 Å². The van der Waals surface area contributed by atoms with E-state index in [1.54, 1.807) is 11.8 Å². The van der Waals surface area contributed by atoms with E-state index in [2.05, 4.69) is 21.0 Å². The first-order chi connectivity index (χ1) is 8.20. The molecule has 0 aliphatic heterocycles. The van der Waals surface area contributed by atoms with Crippen LogP contribution in [0.2, 0.25) is 5.15 Å². The highest BCUT2D eigenvalue weighted by molar-refractivity contribution is 9.10. The standard InChI is InChI=1S/C12H12BrClN2O/c1-17-8-10-6-12(14)16(15-10)7-9-4-2-3-5-11(9)13/h2-6H,7-8H2,1H3. The Bertz CT molecular complexity index is 513. The fraction of sp³-hybridized carbons (Fsp3) is 0.250. The fourth-order valence-electron chi connectivity index (χ4n) is 1.56. The Morgan fingerprint density at radius 1 is 1.41 bits per heavy atom. The summed E-state index contributed by atoms with van der Waals surface area (Å²) in [5, 5.41) is 4.99. The minimum atomic E-state index is 0.475. The molecule has 0 fully saturated rings. The van der Waals surface area contributed by atoms with Crippen LogP contribution in [0.3, 0.4) is 0 Å². The lowest BCUT2D eigenvalue weighted by atomic mass is 10.2. The van der Waals surface area contributed by atoms with Crippen LogP contribution in [0.15, 0.2) is 34.8 Å². The highest BCUT2D eigenvalue weighted by Crippen LogP contribution is 2.19. The van der Waals surface area contributed by atoms with Gasteiger partial charge >= 0.3 is 0 Å². The lowest BCUT2D eigenvalue weighted by molar-refractivity contribution is 0.181. The van der Waals surface area contributed by atoms with Crippen molar-refractivity contribution in [1.82, 2.24) is 9.78 Å². The van der Waals surface area contributed by atoms with E-state index in [-0.39, 0.29) is 0 Å². The predicted molar refractivity (Wildman–Crippen MR) is 71.2 cm³/mol. The van der Waals surface area contributed by atoms with Crippen LogP contribution in [0, 0.1) is 0 Å². The van der Waals surface area contributed by atoms with Crippen molar-refractivity contribution in [2.75, 3.05) is 7.11 Å². The highest BCUT2D eigenvalue weighted by Gasteiger charge is 2.07. The van der Waals surface area contributed by atoms with Gasteiger partial charge < -0.3 is 4.74 Å². The first-order valence-corrected chi connectivity index (χ1v) is 6.32. The Labute approximate surface area is 113 Å². The third kappa shape index (κ3) is 3.09. The van der Waals surface area contributed by atoms with Gasteiger partial charge in [-0.2, -0.15) is 5.10 Å². The minimum absolute atomic E-state index is 0.475. The molecule has 0 saturated heterocycles. The largest absolute Gasteiger partial charge is 0.378 e. The maximum atomic E-state index is 6.11. The van der Waals surface area contributed by atoms with Crippen LogP contribution >= 0.6 is 27.5 Å². The summed E-state index contributed by atoms with van der Waals surface area (Å²) in [7, 11) is 1.64. The molecule has 90 valence electrons. The van der Waals surface area contributed by atoms with Gasteiger partial charge in [-0.3, -0.25) is 0 Å². The molecule has 0 unspecified atom stereocenters. The Morgan fingerprint density at radius 2 is 2.18 bits per heavy atom. The predicted octanol–water partition coefficient (Wildman–Crippen LogP) is 3.49. The lowest BCUT2D eigenvalue weighted by Crippen LogP contribution is -2.03. The minimum Gasteiger partial charge on any atom is -0.378 e. The molecule has 1 aromatic carbocycles. The number of aromatic nitrogens is 2. The first-order valence-electron chi connectivity index (χ1n) is 5.15. The first kappa shape index (κ1) is 12.6. The molecule has 0 aliphatic rings. The Balaban J connectivity index is 2.21. The molecule has 0 bridgehead atoms. The van der Waals surface area contributed by atoms with Gasteiger partial charge in [0.1, 0.15) is 5.15 Å². The summed E-state index contributed by atoms with van der Waals surface area (Å²) in [6.07, 6.45) is 0. The van der Waals surface area contributed by atoms with Crippen LogP contribution < -0.4 is 0 Å². The average Bonchev–Trinajstić information content (AvgIpc) is 2.63. The summed E-state index contributed by atoms with van der Waals surface area (Å²) in [4.78, 5) is 0. The highest BCUT2D eigenvalue weighted by atomic mass is 79.9. The van der Waals surface area contributed by atoms with Crippen LogP contribution in [0.5, 0.6) is 0 Å². The summed E-state index contributed by atoms with van der Waals surface area (Å²) >= 11 is 9.62. The lowest BCUT2D eigenvalue weighted by Gasteiger charge is -2.05. The van der Waals surface area contributed by atoms with Crippen molar-refractivity contribution in [3.8, 4) is 0 Å². The average molecular weight is 316 g/mol. The zero-order chi connectivity index (χ0) is 12.3. The van der Waals surface area contributed by atoms with Crippen molar-refractivity contribution < 1.29 is 4.74 Å². The van der Waals surface area contributed by atoms with Gasteiger partial charge in [0, 0.05) is 17.6 Å². The van der Waals surface area contributed by atoms with Crippen LogP contribution in [-0.4, -0.2) is 16.9 Å². The molecule has 0 radical (unpaired) electrons. The van der Waals surface area contributed by atoms with Crippen molar-refractivity contribution in [3.05, 3.63) is 51.2 Å². The summed E-state index contributed by atoms with van der Waals surface area (Å²) in [5.41, 5.74) is 1.98. The quantitative estimate of drug-likeness (QED) is 0.863. The van der Waals surface area contributed by atoms with Crippen LogP contribution in [0.1, 0.15) is 11.3 Å². The number of ether oxygens (including phenoxy) is 1.